The van der Waals surface area contributed by atoms with Crippen LogP contribution >= 0.6 is 0 Å². The normalized spacial score (nSPS) is 18.9. The molecule has 3 nitrogen and oxygen atoms in total. The van der Waals surface area contributed by atoms with Crippen LogP contribution in [-0.4, -0.2) is 36.8 Å². The van der Waals surface area contributed by atoms with Gasteiger partial charge in [0, 0.05) is 6.54 Å². The molecule has 0 aliphatic carbocycles. The third kappa shape index (κ3) is 3.91. The number of aliphatic hydroxyl groups excluding tert-OH is 1. The molecule has 1 aromatic carbocycles. The van der Waals surface area contributed by atoms with Crippen LogP contribution in [0, 0.1) is 5.82 Å². The first-order valence-electron chi connectivity index (χ1n) is 6.94. The molecule has 1 aliphatic rings. The van der Waals surface area contributed by atoms with Gasteiger partial charge in [0.25, 0.3) is 0 Å². The Hall–Kier alpha value is -1.13. The second-order valence-electron chi connectivity index (χ2n) is 5.12. The van der Waals surface area contributed by atoms with Crippen molar-refractivity contribution in [2.45, 2.75) is 31.8 Å². The minimum atomic E-state index is -0.640. The van der Waals surface area contributed by atoms with Crippen molar-refractivity contribution in [2.24, 2.45) is 0 Å². The highest BCUT2D eigenvalue weighted by atomic mass is 19.1. The van der Waals surface area contributed by atoms with E-state index in [1.165, 1.54) is 38.9 Å². The van der Waals surface area contributed by atoms with Crippen molar-refractivity contribution in [1.29, 1.82) is 0 Å². The zero-order valence-electron chi connectivity index (χ0n) is 11.4. The van der Waals surface area contributed by atoms with Crippen molar-refractivity contribution in [1.82, 2.24) is 4.90 Å². The smallest absolute Gasteiger partial charge is 0.165 e. The fourth-order valence-corrected chi connectivity index (χ4v) is 2.56. The van der Waals surface area contributed by atoms with Crippen molar-refractivity contribution in [3.05, 3.63) is 29.6 Å². The van der Waals surface area contributed by atoms with Gasteiger partial charge >= 0.3 is 0 Å². The van der Waals surface area contributed by atoms with Gasteiger partial charge in [0.15, 0.2) is 11.6 Å². The SMILES string of the molecule is COc1ccc(C(O)CN2CCCCCC2)cc1F. The van der Waals surface area contributed by atoms with Crippen LogP contribution in [0.25, 0.3) is 0 Å². The van der Waals surface area contributed by atoms with Gasteiger partial charge < -0.3 is 14.7 Å². The zero-order chi connectivity index (χ0) is 13.7. The first-order valence-corrected chi connectivity index (χ1v) is 6.94. The molecule has 1 unspecified atom stereocenters. The Morgan fingerprint density at radius 3 is 2.53 bits per heavy atom. The van der Waals surface area contributed by atoms with Gasteiger partial charge in [-0.15, -0.1) is 0 Å². The second-order valence-corrected chi connectivity index (χ2v) is 5.12. The number of likely N-dealkylation sites (tertiary alicyclic amines) is 1. The lowest BCUT2D eigenvalue weighted by molar-refractivity contribution is 0.115. The Balaban J connectivity index is 1.98. The van der Waals surface area contributed by atoms with E-state index in [2.05, 4.69) is 4.90 Å². The highest BCUT2D eigenvalue weighted by molar-refractivity contribution is 5.30. The van der Waals surface area contributed by atoms with E-state index < -0.39 is 11.9 Å². The maximum atomic E-state index is 13.6. The van der Waals surface area contributed by atoms with E-state index in [0.717, 1.165) is 13.1 Å². The van der Waals surface area contributed by atoms with Gasteiger partial charge in [-0.2, -0.15) is 0 Å². The molecule has 0 spiro atoms. The monoisotopic (exact) mass is 267 g/mol. The summed E-state index contributed by atoms with van der Waals surface area (Å²) in [6, 6.07) is 4.65. The number of rotatable bonds is 4. The van der Waals surface area contributed by atoms with Crippen LogP contribution in [0.1, 0.15) is 37.4 Å². The molecule has 1 aliphatic heterocycles. The average molecular weight is 267 g/mol. The van der Waals surface area contributed by atoms with E-state index in [9.17, 15) is 9.50 Å². The lowest BCUT2D eigenvalue weighted by Gasteiger charge is -2.23. The summed E-state index contributed by atoms with van der Waals surface area (Å²) >= 11 is 0. The van der Waals surface area contributed by atoms with Gasteiger partial charge in [0.05, 0.1) is 13.2 Å². The number of aliphatic hydroxyl groups is 1. The Labute approximate surface area is 114 Å². The van der Waals surface area contributed by atoms with Crippen molar-refractivity contribution in [3.63, 3.8) is 0 Å². The minimum Gasteiger partial charge on any atom is -0.494 e. The van der Waals surface area contributed by atoms with Crippen LogP contribution in [0.5, 0.6) is 5.75 Å². The molecule has 1 saturated heterocycles. The Morgan fingerprint density at radius 1 is 1.26 bits per heavy atom. The molecule has 4 heteroatoms. The summed E-state index contributed by atoms with van der Waals surface area (Å²) in [6.45, 7) is 2.62. The molecule has 0 aromatic heterocycles. The molecule has 0 bridgehead atoms. The molecule has 1 atom stereocenters. The molecule has 1 N–H and O–H groups in total. The van der Waals surface area contributed by atoms with Gasteiger partial charge in [-0.1, -0.05) is 18.9 Å². The second kappa shape index (κ2) is 6.87. The first kappa shape index (κ1) is 14.3. The molecule has 0 amide bonds. The summed E-state index contributed by atoms with van der Waals surface area (Å²) in [5.74, 6) is -0.208. The fraction of sp³-hybridized carbons (Fsp3) is 0.600. The van der Waals surface area contributed by atoms with E-state index in [4.69, 9.17) is 4.74 Å². The van der Waals surface area contributed by atoms with Crippen LogP contribution in [0.4, 0.5) is 4.39 Å². The quantitative estimate of drug-likeness (QED) is 0.910. The lowest BCUT2D eigenvalue weighted by Crippen LogP contribution is -2.29. The summed E-state index contributed by atoms with van der Waals surface area (Å²) in [6.07, 6.45) is 4.26. The number of halogens is 1. The zero-order valence-corrected chi connectivity index (χ0v) is 11.4. The molecule has 19 heavy (non-hydrogen) atoms. The molecule has 1 fully saturated rings. The van der Waals surface area contributed by atoms with Crippen LogP contribution in [0.2, 0.25) is 0 Å². The number of hydrogen-bond acceptors (Lipinski definition) is 3. The molecule has 1 heterocycles. The predicted octanol–water partition coefficient (Wildman–Crippen LogP) is 2.74. The summed E-state index contributed by atoms with van der Waals surface area (Å²) in [4.78, 5) is 2.26. The number of nitrogens with zero attached hydrogens (tertiary/aromatic N) is 1. The number of β-amino-alcohol motifs (C(OH)–C–C–N with tert-alkyl or cyclic N) is 1. The Morgan fingerprint density at radius 2 is 1.95 bits per heavy atom. The largest absolute Gasteiger partial charge is 0.494 e. The van der Waals surface area contributed by atoms with Crippen LogP contribution < -0.4 is 4.74 Å². The molecule has 0 saturated carbocycles. The number of ether oxygens (including phenoxy) is 1. The van der Waals surface area contributed by atoms with E-state index in [-0.39, 0.29) is 5.75 Å². The highest BCUT2D eigenvalue weighted by Crippen LogP contribution is 2.23. The topological polar surface area (TPSA) is 32.7 Å². The van der Waals surface area contributed by atoms with Crippen LogP contribution in [0.3, 0.4) is 0 Å². The Bertz CT molecular complexity index is 403. The van der Waals surface area contributed by atoms with Crippen molar-refractivity contribution in [2.75, 3.05) is 26.7 Å². The predicted molar refractivity (Wildman–Crippen MR) is 72.8 cm³/mol. The average Bonchev–Trinajstić information content (AvgIpc) is 2.67. The Kier molecular flexibility index (Phi) is 5.16. The minimum absolute atomic E-state index is 0.214. The van der Waals surface area contributed by atoms with Gasteiger partial charge in [-0.05, 0) is 43.6 Å². The maximum Gasteiger partial charge on any atom is 0.165 e. The van der Waals surface area contributed by atoms with Gasteiger partial charge in [0.1, 0.15) is 0 Å². The maximum absolute atomic E-state index is 13.6. The van der Waals surface area contributed by atoms with Gasteiger partial charge in [-0.3, -0.25) is 0 Å². The van der Waals surface area contributed by atoms with Crippen LogP contribution in [-0.2, 0) is 0 Å². The molecular formula is C15H22FNO2. The molecule has 2 rings (SSSR count). The molecule has 0 radical (unpaired) electrons. The van der Waals surface area contributed by atoms with E-state index >= 15 is 0 Å². The lowest BCUT2D eigenvalue weighted by atomic mass is 10.1. The molecule has 1 aromatic rings. The number of benzene rings is 1. The summed E-state index contributed by atoms with van der Waals surface area (Å²) in [5.41, 5.74) is 0.613. The van der Waals surface area contributed by atoms with E-state index in [1.54, 1.807) is 12.1 Å². The summed E-state index contributed by atoms with van der Waals surface area (Å²) < 4.78 is 18.5. The van der Waals surface area contributed by atoms with Crippen molar-refractivity contribution >= 4 is 0 Å². The van der Waals surface area contributed by atoms with Crippen LogP contribution in [0.15, 0.2) is 18.2 Å². The summed E-state index contributed by atoms with van der Waals surface area (Å²) in [5, 5.41) is 10.2. The highest BCUT2D eigenvalue weighted by Gasteiger charge is 2.16. The third-order valence-electron chi connectivity index (χ3n) is 3.69. The number of hydrogen-bond donors (Lipinski definition) is 1. The third-order valence-corrected chi connectivity index (χ3v) is 3.69. The fourth-order valence-electron chi connectivity index (χ4n) is 2.56. The van der Waals surface area contributed by atoms with Gasteiger partial charge in [0.2, 0.25) is 0 Å². The van der Waals surface area contributed by atoms with E-state index in [1.807, 2.05) is 0 Å². The molecular weight excluding hydrogens is 245 g/mol. The van der Waals surface area contributed by atoms with Crippen molar-refractivity contribution in [3.8, 4) is 5.75 Å². The standard InChI is InChI=1S/C15H22FNO2/c1-19-15-7-6-12(10-13(15)16)14(18)11-17-8-4-2-3-5-9-17/h6-7,10,14,18H,2-5,8-9,11H2,1H3. The number of methoxy groups -OCH3 is 1. The molecule has 106 valence electrons. The first-order chi connectivity index (χ1) is 9.20. The van der Waals surface area contributed by atoms with E-state index in [0.29, 0.717) is 12.1 Å². The summed E-state index contributed by atoms with van der Waals surface area (Å²) in [7, 11) is 1.44. The van der Waals surface area contributed by atoms with Crippen molar-refractivity contribution < 1.29 is 14.2 Å². The van der Waals surface area contributed by atoms with Gasteiger partial charge in [-0.25, -0.2) is 4.39 Å².